The molecule has 2 bridgehead atoms. The average Bonchev–Trinajstić information content (AvgIpc) is 3.60. The molecular formula is C30H28N2O6. The molecular weight excluding hydrogens is 484 g/mol. The minimum Gasteiger partial charge on any atom is -0.494 e. The fraction of sp³-hybridized carbons (Fsp3) is 0.400. The van der Waals surface area contributed by atoms with Gasteiger partial charge in [-0.3, -0.25) is 24.1 Å². The zero-order valence-electron chi connectivity index (χ0n) is 21.0. The molecule has 8 heteroatoms. The molecule has 2 saturated carbocycles. The molecule has 8 rings (SSSR count). The Morgan fingerprint density at radius 1 is 0.842 bits per heavy atom. The molecule has 2 aliphatic heterocycles. The van der Waals surface area contributed by atoms with Gasteiger partial charge >= 0.3 is 5.97 Å². The Labute approximate surface area is 220 Å². The number of amides is 3. The first-order chi connectivity index (χ1) is 18.4. The van der Waals surface area contributed by atoms with Gasteiger partial charge in [0.2, 0.25) is 17.7 Å². The van der Waals surface area contributed by atoms with Gasteiger partial charge in [0.15, 0.2) is 0 Å². The lowest BCUT2D eigenvalue weighted by atomic mass is 9.63. The summed E-state index contributed by atoms with van der Waals surface area (Å²) in [5, 5.41) is 0. The van der Waals surface area contributed by atoms with E-state index in [0.29, 0.717) is 35.6 Å². The highest BCUT2D eigenvalue weighted by atomic mass is 16.5. The maximum atomic E-state index is 13.3. The Morgan fingerprint density at radius 3 is 2.03 bits per heavy atom. The van der Waals surface area contributed by atoms with Crippen LogP contribution in [0.5, 0.6) is 11.5 Å². The van der Waals surface area contributed by atoms with E-state index in [9.17, 15) is 19.2 Å². The Hall–Kier alpha value is -3.94. The molecule has 0 unspecified atom stereocenters. The number of hydrogen-bond acceptors (Lipinski definition) is 6. The van der Waals surface area contributed by atoms with Crippen LogP contribution >= 0.6 is 0 Å². The molecule has 0 spiro atoms. The van der Waals surface area contributed by atoms with Crippen LogP contribution in [0, 0.1) is 41.4 Å². The van der Waals surface area contributed by atoms with Gasteiger partial charge in [-0.15, -0.1) is 0 Å². The summed E-state index contributed by atoms with van der Waals surface area (Å²) >= 11 is 0. The smallest absolute Gasteiger partial charge is 0.316 e. The first-order valence-electron chi connectivity index (χ1n) is 13.4. The number of esters is 1. The van der Waals surface area contributed by atoms with Gasteiger partial charge in [0.1, 0.15) is 11.5 Å². The Kier molecular flexibility index (Phi) is 5.22. The molecule has 2 saturated heterocycles. The van der Waals surface area contributed by atoms with Gasteiger partial charge in [-0.1, -0.05) is 12.2 Å². The fourth-order valence-corrected chi connectivity index (χ4v) is 7.08. The molecule has 6 aliphatic rings. The van der Waals surface area contributed by atoms with Crippen LogP contribution in [0.1, 0.15) is 19.8 Å². The van der Waals surface area contributed by atoms with E-state index in [-0.39, 0.29) is 54.4 Å². The van der Waals surface area contributed by atoms with E-state index in [2.05, 4.69) is 12.2 Å². The second-order valence-electron chi connectivity index (χ2n) is 10.9. The third-order valence-corrected chi connectivity index (χ3v) is 8.89. The molecule has 194 valence electrons. The van der Waals surface area contributed by atoms with E-state index >= 15 is 0 Å². The standard InChI is InChI=1S/C30H28N2O6/c1-2-37-19-7-3-17(4-8-19)31-15-16(13-25(31)33)30(36)38-20-9-5-18(6-10-20)32-28(34)26-21-11-12-22(24-14-23(21)24)27(26)29(32)35/h3-12,16,21-24,26-27H,2,13-15H2,1H3/t16-,21+,22+,23-,24+,26+,27-/m0/s1. The summed E-state index contributed by atoms with van der Waals surface area (Å²) in [5.41, 5.74) is 1.21. The van der Waals surface area contributed by atoms with Gasteiger partial charge < -0.3 is 14.4 Å². The maximum absolute atomic E-state index is 13.3. The molecule has 4 aliphatic carbocycles. The number of anilines is 2. The van der Waals surface area contributed by atoms with Crippen molar-refractivity contribution in [2.75, 3.05) is 23.0 Å². The topological polar surface area (TPSA) is 93.2 Å². The molecule has 0 N–H and O–H groups in total. The van der Waals surface area contributed by atoms with Gasteiger partial charge in [0.05, 0.1) is 30.0 Å². The van der Waals surface area contributed by atoms with E-state index in [0.717, 1.165) is 12.2 Å². The number of carbonyl (C=O) groups excluding carboxylic acids is 4. The summed E-state index contributed by atoms with van der Waals surface area (Å²) < 4.78 is 11.0. The summed E-state index contributed by atoms with van der Waals surface area (Å²) in [6.45, 7) is 2.70. The number of ether oxygens (including phenoxy) is 2. The molecule has 38 heavy (non-hydrogen) atoms. The SMILES string of the molecule is CCOc1ccc(N2C[C@@H](C(=O)Oc3ccc(N4C(=O)[C@@H]5[C@@H]6C=C[C@H]([C@H]7C[C@@H]67)[C@@H]5C4=O)cc3)CC2=O)cc1. The lowest BCUT2D eigenvalue weighted by Gasteiger charge is -2.37. The normalized spacial score (nSPS) is 32.4. The van der Waals surface area contributed by atoms with Crippen LogP contribution in [-0.2, 0) is 19.2 Å². The molecule has 2 aromatic rings. The first-order valence-corrected chi connectivity index (χ1v) is 13.4. The molecule has 2 heterocycles. The van der Waals surface area contributed by atoms with Crippen LogP contribution in [-0.4, -0.2) is 36.8 Å². The average molecular weight is 513 g/mol. The first kappa shape index (κ1) is 23.2. The van der Waals surface area contributed by atoms with E-state index in [1.165, 1.54) is 4.90 Å². The van der Waals surface area contributed by atoms with Crippen LogP contribution in [0.25, 0.3) is 0 Å². The molecule has 3 amide bonds. The summed E-state index contributed by atoms with van der Waals surface area (Å²) in [6, 6.07) is 13.7. The summed E-state index contributed by atoms with van der Waals surface area (Å²) in [6.07, 6.45) is 5.51. The zero-order valence-corrected chi connectivity index (χ0v) is 21.0. The number of benzene rings is 2. The summed E-state index contributed by atoms with van der Waals surface area (Å²) in [4.78, 5) is 55.0. The number of imide groups is 1. The molecule has 4 fully saturated rings. The number of nitrogens with zero attached hydrogens (tertiary/aromatic N) is 2. The van der Waals surface area contributed by atoms with Gasteiger partial charge in [-0.2, -0.15) is 0 Å². The van der Waals surface area contributed by atoms with E-state index in [4.69, 9.17) is 9.47 Å². The summed E-state index contributed by atoms with van der Waals surface area (Å²) in [5.74, 6) is 0.532. The van der Waals surface area contributed by atoms with Gasteiger partial charge in [0.25, 0.3) is 0 Å². The number of rotatable bonds is 6. The fourth-order valence-electron chi connectivity index (χ4n) is 7.08. The van der Waals surface area contributed by atoms with Crippen molar-refractivity contribution in [3.05, 3.63) is 60.7 Å². The van der Waals surface area contributed by atoms with E-state index in [1.54, 1.807) is 53.4 Å². The predicted octanol–water partition coefficient (Wildman–Crippen LogP) is 3.60. The molecule has 2 aromatic carbocycles. The highest BCUT2D eigenvalue weighted by molar-refractivity contribution is 6.22. The van der Waals surface area contributed by atoms with Crippen LogP contribution in [0.4, 0.5) is 11.4 Å². The lowest BCUT2D eigenvalue weighted by Crippen LogP contribution is -2.40. The van der Waals surface area contributed by atoms with Gasteiger partial charge in [-0.05, 0) is 85.5 Å². The van der Waals surface area contributed by atoms with Gasteiger partial charge in [-0.25, -0.2) is 0 Å². The van der Waals surface area contributed by atoms with Crippen molar-refractivity contribution in [2.45, 2.75) is 19.8 Å². The third kappa shape index (κ3) is 3.50. The number of allylic oxidation sites excluding steroid dienone is 2. The predicted molar refractivity (Wildman–Crippen MR) is 137 cm³/mol. The number of hydrogen-bond donors (Lipinski definition) is 0. The second-order valence-corrected chi connectivity index (χ2v) is 10.9. The monoisotopic (exact) mass is 512 g/mol. The molecule has 8 nitrogen and oxygen atoms in total. The quantitative estimate of drug-likeness (QED) is 0.254. The van der Waals surface area contributed by atoms with Crippen molar-refractivity contribution in [2.24, 2.45) is 41.4 Å². The van der Waals surface area contributed by atoms with E-state index in [1.807, 2.05) is 6.92 Å². The zero-order chi connectivity index (χ0) is 26.1. The van der Waals surface area contributed by atoms with E-state index < -0.39 is 11.9 Å². The highest BCUT2D eigenvalue weighted by Gasteiger charge is 2.67. The van der Waals surface area contributed by atoms with Crippen molar-refractivity contribution in [3.63, 3.8) is 0 Å². The van der Waals surface area contributed by atoms with Crippen molar-refractivity contribution in [3.8, 4) is 11.5 Å². The Balaban J connectivity index is 1.01. The lowest BCUT2D eigenvalue weighted by molar-refractivity contribution is -0.139. The van der Waals surface area contributed by atoms with Crippen molar-refractivity contribution >= 4 is 35.1 Å². The second kappa shape index (κ2) is 8.55. The number of carbonyl (C=O) groups is 4. The minimum absolute atomic E-state index is 0.0715. The highest BCUT2D eigenvalue weighted by Crippen LogP contribution is 2.65. The van der Waals surface area contributed by atoms with Gasteiger partial charge in [0, 0.05) is 18.7 Å². The van der Waals surface area contributed by atoms with Crippen molar-refractivity contribution in [1.29, 1.82) is 0 Å². The Bertz CT molecular complexity index is 1330. The van der Waals surface area contributed by atoms with Crippen LogP contribution in [0.3, 0.4) is 0 Å². The molecule has 0 aromatic heterocycles. The van der Waals surface area contributed by atoms with Crippen LogP contribution < -0.4 is 19.3 Å². The van der Waals surface area contributed by atoms with Crippen LogP contribution in [0.2, 0.25) is 0 Å². The van der Waals surface area contributed by atoms with Crippen LogP contribution in [0.15, 0.2) is 60.7 Å². The third-order valence-electron chi connectivity index (χ3n) is 8.89. The maximum Gasteiger partial charge on any atom is 0.316 e. The summed E-state index contributed by atoms with van der Waals surface area (Å²) in [7, 11) is 0. The largest absolute Gasteiger partial charge is 0.494 e. The van der Waals surface area contributed by atoms with Crippen molar-refractivity contribution in [1.82, 2.24) is 0 Å². The molecule has 7 atom stereocenters. The molecule has 0 radical (unpaired) electrons. The minimum atomic E-state index is -0.590. The van der Waals surface area contributed by atoms with Crippen molar-refractivity contribution < 1.29 is 28.7 Å². The Morgan fingerprint density at radius 2 is 1.42 bits per heavy atom.